The van der Waals surface area contributed by atoms with Crippen molar-refractivity contribution in [2.45, 2.75) is 19.9 Å². The molecule has 1 saturated heterocycles. The van der Waals surface area contributed by atoms with E-state index in [4.69, 9.17) is 4.98 Å². The quantitative estimate of drug-likeness (QED) is 0.387. The molecule has 1 aliphatic rings. The van der Waals surface area contributed by atoms with Crippen molar-refractivity contribution in [3.05, 3.63) is 66.1 Å². The summed E-state index contributed by atoms with van der Waals surface area (Å²) in [6.45, 7) is 6.02. The van der Waals surface area contributed by atoms with Crippen molar-refractivity contribution >= 4 is 50.0 Å². The van der Waals surface area contributed by atoms with Crippen LogP contribution in [0.4, 0.5) is 26.8 Å². The monoisotopic (exact) mass is 505 g/mol. The lowest BCUT2D eigenvalue weighted by Gasteiger charge is -2.34. The molecule has 4 aromatic rings. The summed E-state index contributed by atoms with van der Waals surface area (Å²) < 4.78 is 13.3. The summed E-state index contributed by atoms with van der Waals surface area (Å²) in [6.07, 6.45) is 2.36. The number of nitrogens with one attached hydrogen (secondary N) is 1. The van der Waals surface area contributed by atoms with Gasteiger partial charge in [0, 0.05) is 58.1 Å². The van der Waals surface area contributed by atoms with Gasteiger partial charge in [0.1, 0.15) is 27.8 Å². The van der Waals surface area contributed by atoms with Gasteiger partial charge in [0.05, 0.1) is 0 Å². The summed E-state index contributed by atoms with van der Waals surface area (Å²) >= 11 is 1.46. The van der Waals surface area contributed by atoms with Crippen LogP contribution in [0, 0.1) is 5.82 Å². The molecule has 186 valence electrons. The topological polar surface area (TPSA) is 77.5 Å². The maximum absolute atomic E-state index is 13.3. The number of aromatic nitrogens is 3. The number of fused-ring (bicyclic) bond motifs is 1. The first-order chi connectivity index (χ1) is 17.5. The van der Waals surface area contributed by atoms with Crippen LogP contribution in [0.1, 0.15) is 18.9 Å². The number of pyridine rings is 2. The van der Waals surface area contributed by atoms with Crippen molar-refractivity contribution in [2.75, 3.05) is 43.4 Å². The largest absolute Gasteiger partial charge is 0.340 e. The lowest BCUT2D eigenvalue weighted by molar-refractivity contribution is -0.132. The van der Waals surface area contributed by atoms with Crippen molar-refractivity contribution in [3.63, 3.8) is 0 Å². The second kappa shape index (κ2) is 10.5. The summed E-state index contributed by atoms with van der Waals surface area (Å²) in [6, 6.07) is 14.2. The number of benzene rings is 1. The highest BCUT2D eigenvalue weighted by Crippen LogP contribution is 2.30. The highest BCUT2D eigenvalue weighted by molar-refractivity contribution is 7.21. The molecule has 0 aliphatic carbocycles. The van der Waals surface area contributed by atoms with Gasteiger partial charge in [0.25, 0.3) is 0 Å². The number of halogens is 1. The van der Waals surface area contributed by atoms with Gasteiger partial charge in [-0.2, -0.15) is 0 Å². The fourth-order valence-corrected chi connectivity index (χ4v) is 5.07. The molecule has 1 aliphatic heterocycles. The molecule has 10 heteroatoms. The molecule has 4 heterocycles. The van der Waals surface area contributed by atoms with Gasteiger partial charge in [-0.05, 0) is 54.1 Å². The number of carbonyl (C=O) groups excluding carboxylic acids is 1. The van der Waals surface area contributed by atoms with Crippen LogP contribution >= 0.6 is 11.3 Å². The van der Waals surface area contributed by atoms with Gasteiger partial charge >= 0.3 is 0 Å². The number of hydrogen-bond donors (Lipinski definition) is 1. The Balaban J connectivity index is 1.25. The number of anilines is 4. The zero-order valence-electron chi connectivity index (χ0n) is 20.3. The minimum Gasteiger partial charge on any atom is -0.340 e. The van der Waals surface area contributed by atoms with E-state index >= 15 is 0 Å². The van der Waals surface area contributed by atoms with Gasteiger partial charge in [-0.25, -0.2) is 19.3 Å². The van der Waals surface area contributed by atoms with Crippen molar-refractivity contribution in [3.8, 4) is 0 Å². The molecule has 36 heavy (non-hydrogen) atoms. The van der Waals surface area contributed by atoms with Crippen LogP contribution in [-0.4, -0.2) is 63.9 Å². The Morgan fingerprint density at radius 2 is 1.86 bits per heavy atom. The molecular formula is C26H28FN7OS. The van der Waals surface area contributed by atoms with Gasteiger partial charge in [-0.3, -0.25) is 9.69 Å². The number of nitrogens with zero attached hydrogens (tertiary/aromatic N) is 6. The lowest BCUT2D eigenvalue weighted by Crippen LogP contribution is -2.48. The van der Waals surface area contributed by atoms with Crippen molar-refractivity contribution < 1.29 is 9.18 Å². The number of piperazine rings is 1. The normalized spacial score (nSPS) is 14.2. The van der Waals surface area contributed by atoms with E-state index in [1.807, 2.05) is 48.0 Å². The molecule has 3 aromatic heterocycles. The van der Waals surface area contributed by atoms with E-state index < -0.39 is 0 Å². The van der Waals surface area contributed by atoms with E-state index in [-0.39, 0.29) is 11.7 Å². The molecule has 0 bridgehead atoms. The third-order valence-corrected chi connectivity index (χ3v) is 7.17. The van der Waals surface area contributed by atoms with Gasteiger partial charge in [-0.15, -0.1) is 0 Å². The second-order valence-electron chi connectivity index (χ2n) is 8.73. The number of thiazole rings is 1. The lowest BCUT2D eigenvalue weighted by atomic mass is 10.2. The average Bonchev–Trinajstić information content (AvgIpc) is 3.30. The minimum atomic E-state index is -0.266. The van der Waals surface area contributed by atoms with E-state index in [0.29, 0.717) is 6.42 Å². The van der Waals surface area contributed by atoms with E-state index in [2.05, 4.69) is 20.2 Å². The van der Waals surface area contributed by atoms with E-state index in [1.54, 1.807) is 18.3 Å². The molecule has 0 unspecified atom stereocenters. The number of amides is 1. The highest BCUT2D eigenvalue weighted by atomic mass is 32.1. The van der Waals surface area contributed by atoms with Gasteiger partial charge in [0.15, 0.2) is 5.13 Å². The fourth-order valence-electron chi connectivity index (χ4n) is 4.23. The summed E-state index contributed by atoms with van der Waals surface area (Å²) in [5.41, 5.74) is 2.81. The summed E-state index contributed by atoms with van der Waals surface area (Å²) in [5, 5.41) is 4.03. The number of rotatable bonds is 7. The third kappa shape index (κ3) is 5.44. The van der Waals surface area contributed by atoms with Crippen LogP contribution in [0.25, 0.3) is 10.3 Å². The van der Waals surface area contributed by atoms with Crippen LogP contribution in [0.15, 0.2) is 54.7 Å². The molecule has 8 nitrogen and oxygen atoms in total. The molecule has 1 fully saturated rings. The van der Waals surface area contributed by atoms with Gasteiger partial charge in [0.2, 0.25) is 5.91 Å². The SMILES string of the molecule is CCC(=O)N1CCN(Cc2ccnc(Nc3nc4ccc(N(C)c5ccc(F)cc5)nc4s3)c2)CC1. The molecule has 0 spiro atoms. The molecule has 1 aromatic carbocycles. The van der Waals surface area contributed by atoms with Gasteiger partial charge < -0.3 is 15.1 Å². The molecule has 5 rings (SSSR count). The Hall–Kier alpha value is -3.63. The Morgan fingerprint density at radius 3 is 2.61 bits per heavy atom. The predicted octanol–water partition coefficient (Wildman–Crippen LogP) is 4.79. The molecule has 1 amide bonds. The smallest absolute Gasteiger partial charge is 0.222 e. The van der Waals surface area contributed by atoms with Crippen molar-refractivity contribution in [2.24, 2.45) is 0 Å². The van der Waals surface area contributed by atoms with Crippen LogP contribution in [-0.2, 0) is 11.3 Å². The Bertz CT molecular complexity index is 1350. The average molecular weight is 506 g/mol. The molecular weight excluding hydrogens is 477 g/mol. The standard InChI is InChI=1S/C26H28FN7OS/c1-3-24(35)34-14-12-33(13-15-34)17-18-10-11-28-22(16-18)30-26-29-21-8-9-23(31-25(21)36-26)32(2)20-6-4-19(27)5-7-20/h4-11,16H,3,12-15,17H2,1-2H3,(H,28,29,30). The minimum absolute atomic E-state index is 0.226. The first-order valence-electron chi connectivity index (χ1n) is 12.0. The first kappa shape index (κ1) is 24.1. The Labute approximate surface area is 213 Å². The van der Waals surface area contributed by atoms with Crippen LogP contribution < -0.4 is 10.2 Å². The number of carbonyl (C=O) groups is 1. The molecule has 0 saturated carbocycles. The zero-order valence-corrected chi connectivity index (χ0v) is 21.1. The Kier molecular flexibility index (Phi) is 7.06. The maximum atomic E-state index is 13.3. The predicted molar refractivity (Wildman–Crippen MR) is 142 cm³/mol. The third-order valence-electron chi connectivity index (χ3n) is 6.29. The van der Waals surface area contributed by atoms with Crippen LogP contribution in [0.2, 0.25) is 0 Å². The maximum Gasteiger partial charge on any atom is 0.222 e. The van der Waals surface area contributed by atoms with Crippen molar-refractivity contribution in [1.82, 2.24) is 24.8 Å². The van der Waals surface area contributed by atoms with Gasteiger partial charge in [-0.1, -0.05) is 18.3 Å². The fraction of sp³-hybridized carbons (Fsp3) is 0.308. The molecule has 1 N–H and O–H groups in total. The first-order valence-corrected chi connectivity index (χ1v) is 12.8. The van der Waals surface area contributed by atoms with E-state index in [0.717, 1.165) is 71.1 Å². The Morgan fingerprint density at radius 1 is 1.08 bits per heavy atom. The second-order valence-corrected chi connectivity index (χ2v) is 9.71. The van der Waals surface area contributed by atoms with Crippen molar-refractivity contribution in [1.29, 1.82) is 0 Å². The summed E-state index contributed by atoms with van der Waals surface area (Å²) in [7, 11) is 1.90. The van der Waals surface area contributed by atoms with E-state index in [9.17, 15) is 9.18 Å². The number of hydrogen-bond acceptors (Lipinski definition) is 8. The summed E-state index contributed by atoms with van der Waals surface area (Å²) in [4.78, 5) is 32.8. The van der Waals surface area contributed by atoms with Crippen LogP contribution in [0.3, 0.4) is 0 Å². The summed E-state index contributed by atoms with van der Waals surface area (Å²) in [5.74, 6) is 1.45. The van der Waals surface area contributed by atoms with Crippen LogP contribution in [0.5, 0.6) is 0 Å². The highest BCUT2D eigenvalue weighted by Gasteiger charge is 2.20. The zero-order chi connectivity index (χ0) is 25.1. The molecule has 0 atom stereocenters. The molecule has 0 radical (unpaired) electrons. The van der Waals surface area contributed by atoms with E-state index in [1.165, 1.54) is 23.5 Å².